The number of nitrogens with one attached hydrogen (secondary N) is 1. The van der Waals surface area contributed by atoms with E-state index in [4.69, 9.17) is 4.74 Å². The number of hydrogen-bond donors (Lipinski definition) is 1. The van der Waals surface area contributed by atoms with Crippen molar-refractivity contribution in [2.75, 3.05) is 23.9 Å². The molecular weight excluding hydrogens is 436 g/mol. The van der Waals surface area contributed by atoms with Crippen LogP contribution in [-0.4, -0.2) is 35.4 Å². The summed E-state index contributed by atoms with van der Waals surface area (Å²) < 4.78 is 5.17. The normalized spacial score (nSPS) is 15.8. The van der Waals surface area contributed by atoms with Crippen LogP contribution in [0, 0.1) is 12.8 Å². The third-order valence-corrected chi connectivity index (χ3v) is 6.81. The monoisotopic (exact) mass is 458 g/mol. The number of methoxy groups -OCH3 is 1. The Morgan fingerprint density at radius 1 is 1.18 bits per heavy atom. The molecular formula is C25H22N4O3S. The third-order valence-electron chi connectivity index (χ3n) is 5.78. The summed E-state index contributed by atoms with van der Waals surface area (Å²) in [5.74, 6) is 0.103. The number of amides is 2. The van der Waals surface area contributed by atoms with E-state index in [1.165, 1.54) is 11.3 Å². The molecule has 0 saturated carbocycles. The molecule has 2 aromatic heterocycles. The minimum absolute atomic E-state index is 0.0585. The van der Waals surface area contributed by atoms with Crippen molar-refractivity contribution in [2.45, 2.75) is 13.3 Å². The fourth-order valence-corrected chi connectivity index (χ4v) is 4.86. The molecule has 166 valence electrons. The molecule has 8 heteroatoms. The second-order valence-electron chi connectivity index (χ2n) is 7.97. The van der Waals surface area contributed by atoms with Gasteiger partial charge in [0.15, 0.2) is 0 Å². The number of carbonyl (C=O) groups is 2. The van der Waals surface area contributed by atoms with Gasteiger partial charge in [0.2, 0.25) is 11.8 Å². The Bertz CT molecular complexity index is 1320. The maximum atomic E-state index is 12.9. The highest BCUT2D eigenvalue weighted by Crippen LogP contribution is 2.32. The van der Waals surface area contributed by atoms with Crippen molar-refractivity contribution < 1.29 is 14.3 Å². The molecule has 4 aromatic rings. The largest absolute Gasteiger partial charge is 0.497 e. The smallest absolute Gasteiger partial charge is 0.229 e. The topological polar surface area (TPSA) is 84.4 Å². The predicted molar refractivity (Wildman–Crippen MR) is 130 cm³/mol. The lowest BCUT2D eigenvalue weighted by Gasteiger charge is -2.17. The SMILES string of the molecule is COc1ccc(N2CC(C(=O)Nc3ccc(-c4nc5cccnc5s4)cc3C)CC2=O)cc1. The number of anilines is 2. The molecule has 3 heterocycles. The maximum absolute atomic E-state index is 12.9. The average molecular weight is 459 g/mol. The molecule has 1 N–H and O–H groups in total. The average Bonchev–Trinajstić information content (AvgIpc) is 3.44. The number of hydrogen-bond acceptors (Lipinski definition) is 6. The van der Waals surface area contributed by atoms with Crippen molar-refractivity contribution in [1.82, 2.24) is 9.97 Å². The second kappa shape index (κ2) is 8.63. The van der Waals surface area contributed by atoms with Gasteiger partial charge in [-0.1, -0.05) is 11.3 Å². The van der Waals surface area contributed by atoms with E-state index in [0.717, 1.165) is 43.6 Å². The van der Waals surface area contributed by atoms with Gasteiger partial charge in [-0.25, -0.2) is 9.97 Å². The first-order chi connectivity index (χ1) is 16.0. The van der Waals surface area contributed by atoms with Crippen molar-refractivity contribution in [3.8, 4) is 16.3 Å². The van der Waals surface area contributed by atoms with Crippen LogP contribution in [0.4, 0.5) is 11.4 Å². The van der Waals surface area contributed by atoms with Crippen molar-refractivity contribution in [1.29, 1.82) is 0 Å². The van der Waals surface area contributed by atoms with Gasteiger partial charge < -0.3 is 15.0 Å². The van der Waals surface area contributed by atoms with Gasteiger partial charge in [0.05, 0.1) is 13.0 Å². The highest BCUT2D eigenvalue weighted by atomic mass is 32.1. The first-order valence-corrected chi connectivity index (χ1v) is 11.4. The van der Waals surface area contributed by atoms with Crippen molar-refractivity contribution in [3.05, 3.63) is 66.4 Å². The summed E-state index contributed by atoms with van der Waals surface area (Å²) in [4.78, 5) is 37.0. The highest BCUT2D eigenvalue weighted by Gasteiger charge is 2.35. The van der Waals surface area contributed by atoms with Gasteiger partial charge >= 0.3 is 0 Å². The van der Waals surface area contributed by atoms with Crippen LogP contribution in [0.2, 0.25) is 0 Å². The molecule has 0 radical (unpaired) electrons. The van der Waals surface area contributed by atoms with Gasteiger partial charge in [0.25, 0.3) is 0 Å². The van der Waals surface area contributed by atoms with Crippen LogP contribution < -0.4 is 15.0 Å². The lowest BCUT2D eigenvalue weighted by molar-refractivity contribution is -0.122. The zero-order valence-electron chi connectivity index (χ0n) is 18.2. The molecule has 0 bridgehead atoms. The van der Waals surface area contributed by atoms with Crippen LogP contribution >= 0.6 is 11.3 Å². The Morgan fingerprint density at radius 2 is 2.00 bits per heavy atom. The van der Waals surface area contributed by atoms with E-state index in [9.17, 15) is 9.59 Å². The Balaban J connectivity index is 1.29. The lowest BCUT2D eigenvalue weighted by Crippen LogP contribution is -2.28. The van der Waals surface area contributed by atoms with Crippen LogP contribution in [-0.2, 0) is 9.59 Å². The van der Waals surface area contributed by atoms with Gasteiger partial charge in [-0.05, 0) is 67.1 Å². The molecule has 7 nitrogen and oxygen atoms in total. The summed E-state index contributed by atoms with van der Waals surface area (Å²) in [6.07, 6.45) is 1.95. The molecule has 0 spiro atoms. The molecule has 5 rings (SSSR count). The number of pyridine rings is 1. The second-order valence-corrected chi connectivity index (χ2v) is 8.95. The van der Waals surface area contributed by atoms with E-state index in [0.29, 0.717) is 6.54 Å². The van der Waals surface area contributed by atoms with E-state index in [-0.39, 0.29) is 18.2 Å². The Morgan fingerprint density at radius 3 is 2.73 bits per heavy atom. The number of benzene rings is 2. The Hall–Kier alpha value is -3.78. The molecule has 33 heavy (non-hydrogen) atoms. The summed E-state index contributed by atoms with van der Waals surface area (Å²) >= 11 is 1.54. The third kappa shape index (κ3) is 4.17. The van der Waals surface area contributed by atoms with E-state index in [1.807, 2.05) is 61.5 Å². The quantitative estimate of drug-likeness (QED) is 0.470. The standard InChI is InChI=1S/C25H22N4O3S/c1-15-12-16(24-28-21-4-3-11-26-25(21)33-24)5-10-20(15)27-23(31)17-13-22(30)29(14-17)18-6-8-19(32-2)9-7-18/h3-12,17H,13-14H2,1-2H3,(H,27,31). The fourth-order valence-electron chi connectivity index (χ4n) is 3.96. The molecule has 1 aliphatic rings. The molecule has 2 aromatic carbocycles. The van der Waals surface area contributed by atoms with Gasteiger partial charge in [0.1, 0.15) is 21.1 Å². The van der Waals surface area contributed by atoms with E-state index >= 15 is 0 Å². The van der Waals surface area contributed by atoms with Gasteiger partial charge in [0, 0.05) is 36.1 Å². The highest BCUT2D eigenvalue weighted by molar-refractivity contribution is 7.21. The molecule has 1 fully saturated rings. The molecule has 1 saturated heterocycles. The van der Waals surface area contributed by atoms with Crippen LogP contribution in [0.5, 0.6) is 5.75 Å². The number of ether oxygens (including phenoxy) is 1. The molecule has 1 atom stereocenters. The van der Waals surface area contributed by atoms with Crippen LogP contribution in [0.15, 0.2) is 60.8 Å². The number of nitrogens with zero attached hydrogens (tertiary/aromatic N) is 3. The van der Waals surface area contributed by atoms with E-state index in [1.54, 1.807) is 18.2 Å². The molecule has 2 amide bonds. The van der Waals surface area contributed by atoms with Crippen molar-refractivity contribution in [2.24, 2.45) is 5.92 Å². The first-order valence-electron chi connectivity index (χ1n) is 10.6. The zero-order chi connectivity index (χ0) is 22.9. The zero-order valence-corrected chi connectivity index (χ0v) is 19.1. The fraction of sp³-hybridized carbons (Fsp3) is 0.200. The number of fused-ring (bicyclic) bond motifs is 1. The van der Waals surface area contributed by atoms with Crippen LogP contribution in [0.3, 0.4) is 0 Å². The number of rotatable bonds is 5. The Labute approximate surface area is 195 Å². The van der Waals surface area contributed by atoms with Gasteiger partial charge in [-0.2, -0.15) is 0 Å². The molecule has 1 aliphatic heterocycles. The summed E-state index contributed by atoms with van der Waals surface area (Å²) in [5.41, 5.74) is 4.29. The summed E-state index contributed by atoms with van der Waals surface area (Å²) in [6, 6.07) is 16.9. The minimum Gasteiger partial charge on any atom is -0.497 e. The lowest BCUT2D eigenvalue weighted by atomic mass is 10.1. The molecule has 1 unspecified atom stereocenters. The first kappa shape index (κ1) is 21.1. The number of carbonyl (C=O) groups excluding carboxylic acids is 2. The van der Waals surface area contributed by atoms with Gasteiger partial charge in [-0.3, -0.25) is 9.59 Å². The van der Waals surface area contributed by atoms with Crippen LogP contribution in [0.25, 0.3) is 20.9 Å². The summed E-state index contributed by atoms with van der Waals surface area (Å²) in [6.45, 7) is 2.31. The Kier molecular flexibility index (Phi) is 5.51. The summed E-state index contributed by atoms with van der Waals surface area (Å²) in [7, 11) is 1.60. The maximum Gasteiger partial charge on any atom is 0.229 e. The minimum atomic E-state index is -0.408. The predicted octanol–water partition coefficient (Wildman–Crippen LogP) is 4.67. The van der Waals surface area contributed by atoms with Crippen molar-refractivity contribution in [3.63, 3.8) is 0 Å². The van der Waals surface area contributed by atoms with Gasteiger partial charge in [-0.15, -0.1) is 0 Å². The summed E-state index contributed by atoms with van der Waals surface area (Å²) in [5, 5.41) is 3.89. The van der Waals surface area contributed by atoms with Crippen molar-refractivity contribution >= 4 is 44.9 Å². The van der Waals surface area contributed by atoms with E-state index in [2.05, 4.69) is 15.3 Å². The van der Waals surface area contributed by atoms with E-state index < -0.39 is 5.92 Å². The number of aromatic nitrogens is 2. The van der Waals surface area contributed by atoms with Crippen LogP contribution in [0.1, 0.15) is 12.0 Å². The molecule has 0 aliphatic carbocycles. The number of aryl methyl sites for hydroxylation is 1. The number of thiazole rings is 1.